The molecule has 0 unspecified atom stereocenters. The Morgan fingerprint density at radius 1 is 0.926 bits per heavy atom. The summed E-state index contributed by atoms with van der Waals surface area (Å²) < 4.78 is 0. The molecule has 3 nitrogen and oxygen atoms in total. The molecule has 5 heteroatoms. The van der Waals surface area contributed by atoms with Gasteiger partial charge in [0, 0.05) is 21.1 Å². The topological polar surface area (TPSA) is 41.5 Å². The van der Waals surface area contributed by atoms with Crippen LogP contribution in [0.2, 0.25) is 0 Å². The molecule has 136 valence electrons. The summed E-state index contributed by atoms with van der Waals surface area (Å²) in [5.41, 5.74) is 5.29. The van der Waals surface area contributed by atoms with E-state index in [1.807, 2.05) is 73.0 Å². The van der Waals surface area contributed by atoms with Crippen LogP contribution >= 0.6 is 23.5 Å². The monoisotopic (exact) mass is 392 g/mol. The van der Waals surface area contributed by atoms with Crippen molar-refractivity contribution in [2.75, 3.05) is 6.26 Å². The Kier molecular flexibility index (Phi) is 7.13. The summed E-state index contributed by atoms with van der Waals surface area (Å²) in [6.07, 6.45) is 3.68. The van der Waals surface area contributed by atoms with E-state index in [0.717, 1.165) is 11.3 Å². The van der Waals surface area contributed by atoms with Crippen molar-refractivity contribution in [1.82, 2.24) is 5.43 Å². The molecule has 0 fully saturated rings. The Morgan fingerprint density at radius 2 is 1.63 bits per heavy atom. The van der Waals surface area contributed by atoms with Crippen LogP contribution in [0.25, 0.3) is 0 Å². The zero-order valence-corrected chi connectivity index (χ0v) is 16.6. The second-order valence-corrected chi connectivity index (χ2v) is 7.70. The van der Waals surface area contributed by atoms with E-state index in [2.05, 4.69) is 22.7 Å². The standard InChI is InChI=1S/C22H20N2OS2/c1-26-20-13-9-17(10-14-20)15-23-24-22(25)19-11-7-18(8-12-19)16-27-21-5-3-2-4-6-21/h2-15H,16H2,1H3,(H,24,25)/b23-15-. The fraction of sp³-hybridized carbons (Fsp3) is 0.0909. The van der Waals surface area contributed by atoms with Crippen LogP contribution in [0.5, 0.6) is 0 Å². The normalized spacial score (nSPS) is 10.9. The Hall–Kier alpha value is -2.50. The van der Waals surface area contributed by atoms with Crippen LogP contribution in [-0.4, -0.2) is 18.4 Å². The van der Waals surface area contributed by atoms with E-state index < -0.39 is 0 Å². The number of nitrogens with one attached hydrogen (secondary N) is 1. The van der Waals surface area contributed by atoms with E-state index in [-0.39, 0.29) is 5.91 Å². The molecule has 27 heavy (non-hydrogen) atoms. The molecule has 0 spiro atoms. The SMILES string of the molecule is CSc1ccc(/C=N\NC(=O)c2ccc(CSc3ccccc3)cc2)cc1. The summed E-state index contributed by atoms with van der Waals surface area (Å²) in [4.78, 5) is 14.6. The minimum absolute atomic E-state index is 0.214. The first-order valence-corrected chi connectivity index (χ1v) is 10.7. The predicted octanol–water partition coefficient (Wildman–Crippen LogP) is 5.46. The number of hydrogen-bond acceptors (Lipinski definition) is 4. The van der Waals surface area contributed by atoms with Crippen LogP contribution in [0, 0.1) is 0 Å². The Labute approximate surface area is 168 Å². The molecule has 3 rings (SSSR count). The van der Waals surface area contributed by atoms with Gasteiger partial charge in [-0.2, -0.15) is 5.10 Å². The Balaban J connectivity index is 1.51. The summed E-state index contributed by atoms with van der Waals surface area (Å²) in [6, 6.07) is 25.9. The number of hydrazone groups is 1. The van der Waals surface area contributed by atoms with Gasteiger partial charge in [-0.3, -0.25) is 4.79 Å². The maximum Gasteiger partial charge on any atom is 0.271 e. The number of carbonyl (C=O) groups excluding carboxylic acids is 1. The van der Waals surface area contributed by atoms with Crippen molar-refractivity contribution in [3.05, 3.63) is 95.6 Å². The van der Waals surface area contributed by atoms with Gasteiger partial charge >= 0.3 is 0 Å². The molecule has 0 radical (unpaired) electrons. The van der Waals surface area contributed by atoms with Crippen molar-refractivity contribution in [2.45, 2.75) is 15.5 Å². The Morgan fingerprint density at radius 3 is 2.30 bits per heavy atom. The lowest BCUT2D eigenvalue weighted by molar-refractivity contribution is 0.0955. The molecule has 0 heterocycles. The van der Waals surface area contributed by atoms with Crippen molar-refractivity contribution in [1.29, 1.82) is 0 Å². The highest BCUT2D eigenvalue weighted by Crippen LogP contribution is 2.22. The highest BCUT2D eigenvalue weighted by Gasteiger charge is 2.04. The van der Waals surface area contributed by atoms with Gasteiger partial charge in [0.25, 0.3) is 5.91 Å². The minimum Gasteiger partial charge on any atom is -0.267 e. The average Bonchev–Trinajstić information content (AvgIpc) is 2.74. The molecule has 0 saturated heterocycles. The number of hydrogen-bond donors (Lipinski definition) is 1. The third kappa shape index (κ3) is 6.01. The van der Waals surface area contributed by atoms with Crippen LogP contribution in [0.3, 0.4) is 0 Å². The summed E-state index contributed by atoms with van der Waals surface area (Å²) in [6.45, 7) is 0. The van der Waals surface area contributed by atoms with Crippen molar-refractivity contribution < 1.29 is 4.79 Å². The molecule has 1 amide bonds. The van der Waals surface area contributed by atoms with Crippen LogP contribution in [-0.2, 0) is 5.75 Å². The zero-order chi connectivity index (χ0) is 18.9. The van der Waals surface area contributed by atoms with E-state index in [1.54, 1.807) is 29.7 Å². The summed E-state index contributed by atoms with van der Waals surface area (Å²) in [7, 11) is 0. The van der Waals surface area contributed by atoms with Gasteiger partial charge in [-0.25, -0.2) is 5.43 Å². The number of nitrogens with zero attached hydrogens (tertiary/aromatic N) is 1. The van der Waals surface area contributed by atoms with Crippen LogP contribution in [0.15, 0.2) is 93.8 Å². The van der Waals surface area contributed by atoms with Gasteiger partial charge in [-0.15, -0.1) is 23.5 Å². The minimum atomic E-state index is -0.214. The zero-order valence-electron chi connectivity index (χ0n) is 15.0. The average molecular weight is 393 g/mol. The van der Waals surface area contributed by atoms with Crippen molar-refractivity contribution in [3.8, 4) is 0 Å². The number of rotatable bonds is 7. The number of thioether (sulfide) groups is 2. The first kappa shape index (κ1) is 19.3. The summed E-state index contributed by atoms with van der Waals surface area (Å²) in [5, 5.41) is 4.04. The molecule has 3 aromatic rings. The molecular weight excluding hydrogens is 372 g/mol. The van der Waals surface area contributed by atoms with E-state index in [1.165, 1.54) is 15.4 Å². The molecule has 0 bridgehead atoms. The highest BCUT2D eigenvalue weighted by atomic mass is 32.2. The van der Waals surface area contributed by atoms with Gasteiger partial charge in [0.15, 0.2) is 0 Å². The van der Waals surface area contributed by atoms with Gasteiger partial charge in [0.1, 0.15) is 0 Å². The lowest BCUT2D eigenvalue weighted by Gasteiger charge is -2.04. The smallest absolute Gasteiger partial charge is 0.267 e. The maximum atomic E-state index is 12.2. The summed E-state index contributed by atoms with van der Waals surface area (Å²) in [5.74, 6) is 0.657. The van der Waals surface area contributed by atoms with Gasteiger partial charge in [0.2, 0.25) is 0 Å². The van der Waals surface area contributed by atoms with Gasteiger partial charge in [0.05, 0.1) is 6.21 Å². The molecule has 1 N–H and O–H groups in total. The van der Waals surface area contributed by atoms with Crippen molar-refractivity contribution in [3.63, 3.8) is 0 Å². The highest BCUT2D eigenvalue weighted by molar-refractivity contribution is 7.98. The molecule has 0 aliphatic carbocycles. The van der Waals surface area contributed by atoms with E-state index in [9.17, 15) is 4.79 Å². The summed E-state index contributed by atoms with van der Waals surface area (Å²) >= 11 is 3.47. The molecule has 0 aliphatic heterocycles. The van der Waals surface area contributed by atoms with Crippen LogP contribution in [0.4, 0.5) is 0 Å². The van der Waals surface area contributed by atoms with E-state index >= 15 is 0 Å². The van der Waals surface area contributed by atoms with Gasteiger partial charge in [-0.1, -0.05) is 42.5 Å². The van der Waals surface area contributed by atoms with E-state index in [4.69, 9.17) is 0 Å². The Bertz CT molecular complexity index is 892. The first-order chi connectivity index (χ1) is 13.2. The van der Waals surface area contributed by atoms with Crippen molar-refractivity contribution >= 4 is 35.6 Å². The number of amides is 1. The predicted molar refractivity (Wildman–Crippen MR) is 116 cm³/mol. The third-order valence-corrected chi connectivity index (χ3v) is 5.69. The quantitative estimate of drug-likeness (QED) is 0.329. The molecule has 0 aliphatic rings. The molecule has 0 saturated carbocycles. The molecule has 3 aromatic carbocycles. The molecule has 0 atom stereocenters. The van der Waals surface area contributed by atoms with Crippen LogP contribution < -0.4 is 5.43 Å². The van der Waals surface area contributed by atoms with E-state index in [0.29, 0.717) is 5.56 Å². The second kappa shape index (κ2) is 10.00. The fourth-order valence-electron chi connectivity index (χ4n) is 2.36. The van der Waals surface area contributed by atoms with Gasteiger partial charge < -0.3 is 0 Å². The number of carbonyl (C=O) groups is 1. The first-order valence-electron chi connectivity index (χ1n) is 8.49. The largest absolute Gasteiger partial charge is 0.271 e. The van der Waals surface area contributed by atoms with Gasteiger partial charge in [-0.05, 0) is 53.8 Å². The van der Waals surface area contributed by atoms with Crippen molar-refractivity contribution in [2.24, 2.45) is 5.10 Å². The fourth-order valence-corrected chi connectivity index (χ4v) is 3.64. The molecular formula is C22H20N2OS2. The molecule has 0 aromatic heterocycles. The second-order valence-electron chi connectivity index (χ2n) is 5.77. The lowest BCUT2D eigenvalue weighted by atomic mass is 10.1. The number of benzene rings is 3. The van der Waals surface area contributed by atoms with Crippen LogP contribution in [0.1, 0.15) is 21.5 Å². The lowest BCUT2D eigenvalue weighted by Crippen LogP contribution is -2.17. The maximum absolute atomic E-state index is 12.2. The third-order valence-electron chi connectivity index (χ3n) is 3.86.